The van der Waals surface area contributed by atoms with E-state index in [2.05, 4.69) is 26.0 Å². The zero-order valence-corrected chi connectivity index (χ0v) is 12.9. The molecule has 0 aromatic heterocycles. The van der Waals surface area contributed by atoms with E-state index in [0.29, 0.717) is 13.0 Å². The molecule has 1 aliphatic rings. The molecule has 0 aromatic carbocycles. The molecule has 0 saturated carbocycles. The first-order valence-corrected chi connectivity index (χ1v) is 7.64. The van der Waals surface area contributed by atoms with E-state index in [9.17, 15) is 0 Å². The molecule has 112 valence electrons. The number of hydrogen-bond acceptors (Lipinski definition) is 3. The molecule has 20 heavy (non-hydrogen) atoms. The minimum Gasteiger partial charge on any atom is -0.353 e. The average Bonchev–Trinajstić information content (AvgIpc) is 2.46. The van der Waals surface area contributed by atoms with Crippen LogP contribution < -0.4 is 0 Å². The lowest BCUT2D eigenvalue weighted by molar-refractivity contribution is -0.155. The Morgan fingerprint density at radius 1 is 1.25 bits per heavy atom. The van der Waals surface area contributed by atoms with Crippen molar-refractivity contribution in [1.29, 1.82) is 5.26 Å². The highest BCUT2D eigenvalue weighted by atomic mass is 16.7. The lowest BCUT2D eigenvalue weighted by atomic mass is 10.1. The molecule has 1 fully saturated rings. The third-order valence-electron chi connectivity index (χ3n) is 3.54. The van der Waals surface area contributed by atoms with Gasteiger partial charge in [-0.25, -0.2) is 0 Å². The van der Waals surface area contributed by atoms with Crippen molar-refractivity contribution in [2.24, 2.45) is 0 Å². The van der Waals surface area contributed by atoms with Gasteiger partial charge in [0.2, 0.25) is 0 Å². The smallest absolute Gasteiger partial charge is 0.157 e. The van der Waals surface area contributed by atoms with E-state index in [1.54, 1.807) is 0 Å². The fraction of sp³-hybridized carbons (Fsp3) is 0.706. The molecule has 0 aliphatic carbocycles. The lowest BCUT2D eigenvalue weighted by Gasteiger charge is -2.22. The Balaban J connectivity index is 2.10. The van der Waals surface area contributed by atoms with E-state index >= 15 is 0 Å². The molecule has 0 N–H and O–H groups in total. The lowest BCUT2D eigenvalue weighted by Crippen LogP contribution is -2.22. The fourth-order valence-corrected chi connectivity index (χ4v) is 2.21. The second-order valence-corrected chi connectivity index (χ2v) is 5.45. The van der Waals surface area contributed by atoms with E-state index < -0.39 is 0 Å². The van der Waals surface area contributed by atoms with Crippen LogP contribution in [-0.2, 0) is 9.47 Å². The summed E-state index contributed by atoms with van der Waals surface area (Å²) in [6.07, 6.45) is 11.4. The molecule has 0 amide bonds. The normalized spacial score (nSPS) is 20.8. The summed E-state index contributed by atoms with van der Waals surface area (Å²) in [7, 11) is 0. The first kappa shape index (κ1) is 16.9. The minimum atomic E-state index is 0.00367. The highest BCUT2D eigenvalue weighted by Gasteiger charge is 2.12. The largest absolute Gasteiger partial charge is 0.353 e. The molecular formula is C17H27NO2. The molecule has 1 heterocycles. The topological polar surface area (TPSA) is 42.2 Å². The second kappa shape index (κ2) is 10.7. The van der Waals surface area contributed by atoms with E-state index in [-0.39, 0.29) is 6.29 Å². The van der Waals surface area contributed by atoms with Crippen LogP contribution in [0.4, 0.5) is 0 Å². The van der Waals surface area contributed by atoms with Crippen molar-refractivity contribution in [3.8, 4) is 6.07 Å². The van der Waals surface area contributed by atoms with Gasteiger partial charge in [-0.15, -0.1) is 0 Å². The Kier molecular flexibility index (Phi) is 9.02. The fourth-order valence-electron chi connectivity index (χ4n) is 2.21. The molecule has 0 aromatic rings. The van der Waals surface area contributed by atoms with Crippen molar-refractivity contribution < 1.29 is 9.47 Å². The van der Waals surface area contributed by atoms with E-state index in [4.69, 9.17) is 14.7 Å². The summed E-state index contributed by atoms with van der Waals surface area (Å²) < 4.78 is 11.2. The zero-order chi connectivity index (χ0) is 14.6. The number of nitrogens with zero attached hydrogens (tertiary/aromatic N) is 1. The first-order chi connectivity index (χ1) is 9.72. The van der Waals surface area contributed by atoms with Gasteiger partial charge in [0, 0.05) is 6.61 Å². The Hall–Kier alpha value is -1.11. The second-order valence-electron chi connectivity index (χ2n) is 5.45. The SMILES string of the molecule is C/C(=C\CC#N)CCC/C(C)=C/COC1CCCCO1. The monoisotopic (exact) mass is 277 g/mol. The van der Waals surface area contributed by atoms with Crippen LogP contribution in [-0.4, -0.2) is 19.5 Å². The molecule has 1 unspecified atom stereocenters. The Morgan fingerprint density at radius 2 is 2.00 bits per heavy atom. The molecule has 3 nitrogen and oxygen atoms in total. The number of ether oxygens (including phenoxy) is 2. The van der Waals surface area contributed by atoms with Gasteiger partial charge in [-0.1, -0.05) is 23.3 Å². The van der Waals surface area contributed by atoms with Crippen LogP contribution in [0.1, 0.15) is 58.8 Å². The molecule has 0 spiro atoms. The predicted octanol–water partition coefficient (Wildman–Crippen LogP) is 4.51. The van der Waals surface area contributed by atoms with Gasteiger partial charge >= 0.3 is 0 Å². The predicted molar refractivity (Wildman–Crippen MR) is 81.1 cm³/mol. The van der Waals surface area contributed by atoms with Crippen molar-refractivity contribution in [1.82, 2.24) is 0 Å². The van der Waals surface area contributed by atoms with Gasteiger partial charge in [-0.05, 0) is 52.4 Å². The quantitative estimate of drug-likeness (QED) is 0.613. The van der Waals surface area contributed by atoms with Gasteiger partial charge in [0.25, 0.3) is 0 Å². The van der Waals surface area contributed by atoms with E-state index in [1.165, 1.54) is 17.6 Å². The van der Waals surface area contributed by atoms with Gasteiger partial charge in [0.1, 0.15) is 0 Å². The Labute approximate surface area is 123 Å². The van der Waals surface area contributed by atoms with Crippen LogP contribution in [0.5, 0.6) is 0 Å². The average molecular weight is 277 g/mol. The van der Waals surface area contributed by atoms with Gasteiger partial charge in [-0.3, -0.25) is 0 Å². The molecule has 1 rings (SSSR count). The van der Waals surface area contributed by atoms with Crippen molar-refractivity contribution in [2.45, 2.75) is 65.1 Å². The number of rotatable bonds is 8. The maximum Gasteiger partial charge on any atom is 0.157 e. The third kappa shape index (κ3) is 8.14. The molecule has 1 atom stereocenters. The maximum absolute atomic E-state index is 8.51. The summed E-state index contributed by atoms with van der Waals surface area (Å²) in [6.45, 7) is 5.74. The highest BCUT2D eigenvalue weighted by molar-refractivity contribution is 5.04. The standard InChI is InChI=1S/C17H27NO2/c1-15(9-6-12-18)7-5-8-16(2)11-14-20-17-10-3-4-13-19-17/h9,11,17H,3-8,10,13-14H2,1-2H3/b15-9+,16-11+. The van der Waals surface area contributed by atoms with E-state index in [1.807, 2.05) is 6.08 Å². The minimum absolute atomic E-state index is 0.00367. The number of allylic oxidation sites excluding steroid dienone is 3. The zero-order valence-electron chi connectivity index (χ0n) is 12.9. The molecule has 0 radical (unpaired) electrons. The maximum atomic E-state index is 8.51. The molecule has 1 aliphatic heterocycles. The Bertz CT molecular complexity index is 360. The van der Waals surface area contributed by atoms with Crippen LogP contribution in [0, 0.1) is 11.3 Å². The van der Waals surface area contributed by atoms with Gasteiger partial charge in [0.15, 0.2) is 6.29 Å². The summed E-state index contributed by atoms with van der Waals surface area (Å²) in [5, 5.41) is 8.51. The number of nitriles is 1. The van der Waals surface area contributed by atoms with Gasteiger partial charge in [0.05, 0.1) is 19.1 Å². The van der Waals surface area contributed by atoms with Crippen molar-refractivity contribution >= 4 is 0 Å². The van der Waals surface area contributed by atoms with Crippen LogP contribution in [0.25, 0.3) is 0 Å². The molecule has 1 saturated heterocycles. The highest BCUT2D eigenvalue weighted by Crippen LogP contribution is 2.15. The summed E-state index contributed by atoms with van der Waals surface area (Å²) >= 11 is 0. The number of hydrogen-bond donors (Lipinski definition) is 0. The van der Waals surface area contributed by atoms with Crippen LogP contribution in [0.2, 0.25) is 0 Å². The van der Waals surface area contributed by atoms with Crippen molar-refractivity contribution in [2.75, 3.05) is 13.2 Å². The molecule has 0 bridgehead atoms. The third-order valence-corrected chi connectivity index (χ3v) is 3.54. The molecular weight excluding hydrogens is 250 g/mol. The summed E-state index contributed by atoms with van der Waals surface area (Å²) in [6, 6.07) is 2.14. The van der Waals surface area contributed by atoms with Crippen LogP contribution >= 0.6 is 0 Å². The Morgan fingerprint density at radius 3 is 2.65 bits per heavy atom. The van der Waals surface area contributed by atoms with Gasteiger partial charge in [-0.2, -0.15) is 5.26 Å². The summed E-state index contributed by atoms with van der Waals surface area (Å²) in [5.74, 6) is 0. The van der Waals surface area contributed by atoms with E-state index in [0.717, 1.165) is 38.7 Å². The van der Waals surface area contributed by atoms with Crippen molar-refractivity contribution in [3.05, 3.63) is 23.3 Å². The van der Waals surface area contributed by atoms with Crippen LogP contribution in [0.15, 0.2) is 23.3 Å². The first-order valence-electron chi connectivity index (χ1n) is 7.64. The van der Waals surface area contributed by atoms with Crippen molar-refractivity contribution in [3.63, 3.8) is 0 Å². The van der Waals surface area contributed by atoms with Gasteiger partial charge < -0.3 is 9.47 Å². The summed E-state index contributed by atoms with van der Waals surface area (Å²) in [4.78, 5) is 0. The van der Waals surface area contributed by atoms with Crippen LogP contribution in [0.3, 0.4) is 0 Å². The summed E-state index contributed by atoms with van der Waals surface area (Å²) in [5.41, 5.74) is 2.68. The molecule has 3 heteroatoms.